The molecule has 0 spiro atoms. The maximum atomic E-state index is 12.0. The molecule has 0 heterocycles. The molecule has 4 nitrogen and oxygen atoms in total. The first-order valence-electron chi connectivity index (χ1n) is 7.30. The second-order valence-electron chi connectivity index (χ2n) is 5.34. The summed E-state index contributed by atoms with van der Waals surface area (Å²) in [6, 6.07) is 7.66. The van der Waals surface area contributed by atoms with Crippen LogP contribution in [-0.2, 0) is 11.2 Å². The van der Waals surface area contributed by atoms with Crippen LogP contribution >= 0.6 is 0 Å². The number of ether oxygens (including phenoxy) is 1. The molecule has 2 N–H and O–H groups in total. The monoisotopic (exact) mass is 277 g/mol. The van der Waals surface area contributed by atoms with Gasteiger partial charge < -0.3 is 15.2 Å². The van der Waals surface area contributed by atoms with E-state index in [1.54, 1.807) is 7.11 Å². The highest BCUT2D eigenvalue weighted by Crippen LogP contribution is 2.20. The van der Waals surface area contributed by atoms with Crippen LogP contribution in [0.15, 0.2) is 24.3 Å². The summed E-state index contributed by atoms with van der Waals surface area (Å²) in [5.41, 5.74) is 1.04. The molecule has 1 amide bonds. The Bertz CT molecular complexity index is 447. The van der Waals surface area contributed by atoms with Crippen LogP contribution in [0, 0.1) is 0 Å². The van der Waals surface area contributed by atoms with E-state index in [9.17, 15) is 9.90 Å². The average Bonchev–Trinajstić information content (AvgIpc) is 2.48. The molecular formula is C16H23NO3. The SMILES string of the molecule is COc1ccccc1CCC(=O)NC1CCCCC1O. The van der Waals surface area contributed by atoms with Gasteiger partial charge in [0.15, 0.2) is 0 Å². The molecule has 0 saturated heterocycles. The summed E-state index contributed by atoms with van der Waals surface area (Å²) in [6.45, 7) is 0. The third kappa shape index (κ3) is 3.97. The summed E-state index contributed by atoms with van der Waals surface area (Å²) in [4.78, 5) is 12.0. The van der Waals surface area contributed by atoms with E-state index >= 15 is 0 Å². The first-order valence-corrected chi connectivity index (χ1v) is 7.30. The molecular weight excluding hydrogens is 254 g/mol. The van der Waals surface area contributed by atoms with Crippen molar-refractivity contribution in [1.82, 2.24) is 5.32 Å². The summed E-state index contributed by atoms with van der Waals surface area (Å²) in [5, 5.41) is 12.8. The van der Waals surface area contributed by atoms with Crippen LogP contribution in [0.3, 0.4) is 0 Å². The van der Waals surface area contributed by atoms with Crippen molar-refractivity contribution >= 4 is 5.91 Å². The number of hydrogen-bond acceptors (Lipinski definition) is 3. The molecule has 1 aromatic rings. The molecule has 20 heavy (non-hydrogen) atoms. The summed E-state index contributed by atoms with van der Waals surface area (Å²) < 4.78 is 5.27. The molecule has 1 aliphatic carbocycles. The van der Waals surface area contributed by atoms with Crippen LogP contribution in [0.1, 0.15) is 37.7 Å². The number of aliphatic hydroxyl groups is 1. The third-order valence-corrected chi connectivity index (χ3v) is 3.89. The van der Waals surface area contributed by atoms with Crippen molar-refractivity contribution in [2.45, 2.75) is 50.7 Å². The van der Waals surface area contributed by atoms with Gasteiger partial charge in [0.1, 0.15) is 5.75 Å². The minimum absolute atomic E-state index is 0.00172. The summed E-state index contributed by atoms with van der Waals surface area (Å²) >= 11 is 0. The first-order chi connectivity index (χ1) is 9.70. The van der Waals surface area contributed by atoms with Crippen LogP contribution in [-0.4, -0.2) is 30.3 Å². The van der Waals surface area contributed by atoms with Crippen LogP contribution in [0.4, 0.5) is 0 Å². The summed E-state index contributed by atoms with van der Waals surface area (Å²) in [6.07, 6.45) is 4.48. The number of carbonyl (C=O) groups is 1. The van der Waals surface area contributed by atoms with E-state index in [0.717, 1.165) is 37.0 Å². The van der Waals surface area contributed by atoms with Gasteiger partial charge in [-0.2, -0.15) is 0 Å². The number of nitrogens with one attached hydrogen (secondary N) is 1. The van der Waals surface area contributed by atoms with Crippen molar-refractivity contribution in [3.63, 3.8) is 0 Å². The Labute approximate surface area is 120 Å². The average molecular weight is 277 g/mol. The third-order valence-electron chi connectivity index (χ3n) is 3.89. The van der Waals surface area contributed by atoms with E-state index in [2.05, 4.69) is 5.32 Å². The summed E-state index contributed by atoms with van der Waals surface area (Å²) in [5.74, 6) is 0.819. The van der Waals surface area contributed by atoms with E-state index in [1.807, 2.05) is 24.3 Å². The second kappa shape index (κ2) is 7.29. The van der Waals surface area contributed by atoms with E-state index in [-0.39, 0.29) is 18.1 Å². The van der Waals surface area contributed by atoms with Crippen LogP contribution in [0.25, 0.3) is 0 Å². The molecule has 1 aromatic carbocycles. The normalized spacial score (nSPS) is 22.3. The van der Waals surface area contributed by atoms with Crippen molar-refractivity contribution in [3.8, 4) is 5.75 Å². The van der Waals surface area contributed by atoms with Crippen molar-refractivity contribution in [1.29, 1.82) is 0 Å². The van der Waals surface area contributed by atoms with Gasteiger partial charge in [0.25, 0.3) is 0 Å². The lowest BCUT2D eigenvalue weighted by atomic mass is 9.92. The number of hydrogen-bond donors (Lipinski definition) is 2. The Balaban J connectivity index is 1.82. The van der Waals surface area contributed by atoms with Crippen molar-refractivity contribution in [2.75, 3.05) is 7.11 Å². The molecule has 0 aliphatic heterocycles. The lowest BCUT2D eigenvalue weighted by molar-refractivity contribution is -0.123. The smallest absolute Gasteiger partial charge is 0.220 e. The number of aliphatic hydroxyl groups excluding tert-OH is 1. The lowest BCUT2D eigenvalue weighted by Gasteiger charge is -2.28. The molecule has 0 aromatic heterocycles. The second-order valence-corrected chi connectivity index (χ2v) is 5.34. The van der Waals surface area contributed by atoms with Gasteiger partial charge in [0.2, 0.25) is 5.91 Å². The highest BCUT2D eigenvalue weighted by Gasteiger charge is 2.24. The highest BCUT2D eigenvalue weighted by molar-refractivity contribution is 5.76. The zero-order chi connectivity index (χ0) is 14.4. The molecule has 4 heteroatoms. The van der Waals surface area contributed by atoms with Gasteiger partial charge >= 0.3 is 0 Å². The molecule has 110 valence electrons. The number of amides is 1. The predicted octanol–water partition coefficient (Wildman–Crippen LogP) is 2.05. The zero-order valence-corrected chi connectivity index (χ0v) is 12.0. The van der Waals surface area contributed by atoms with Crippen LogP contribution in [0.2, 0.25) is 0 Å². The van der Waals surface area contributed by atoms with E-state index in [0.29, 0.717) is 12.8 Å². The molecule has 0 bridgehead atoms. The number of rotatable bonds is 5. The zero-order valence-electron chi connectivity index (χ0n) is 12.0. The fraction of sp³-hybridized carbons (Fsp3) is 0.562. The fourth-order valence-corrected chi connectivity index (χ4v) is 2.72. The Kier molecular flexibility index (Phi) is 5.41. The number of aryl methyl sites for hydroxylation is 1. The van der Waals surface area contributed by atoms with Gasteiger partial charge in [-0.15, -0.1) is 0 Å². The number of para-hydroxylation sites is 1. The van der Waals surface area contributed by atoms with Crippen LogP contribution in [0.5, 0.6) is 5.75 Å². The highest BCUT2D eigenvalue weighted by atomic mass is 16.5. The largest absolute Gasteiger partial charge is 0.496 e. The number of benzene rings is 1. The Hall–Kier alpha value is -1.55. The van der Waals surface area contributed by atoms with E-state index < -0.39 is 0 Å². The summed E-state index contributed by atoms with van der Waals surface area (Å²) in [7, 11) is 1.64. The van der Waals surface area contributed by atoms with Gasteiger partial charge in [-0.25, -0.2) is 0 Å². The van der Waals surface area contributed by atoms with E-state index in [1.165, 1.54) is 0 Å². The molecule has 2 atom stereocenters. The molecule has 2 rings (SSSR count). The lowest BCUT2D eigenvalue weighted by Crippen LogP contribution is -2.45. The van der Waals surface area contributed by atoms with Crippen LogP contribution < -0.4 is 10.1 Å². The maximum Gasteiger partial charge on any atom is 0.220 e. The minimum Gasteiger partial charge on any atom is -0.496 e. The molecule has 2 unspecified atom stereocenters. The van der Waals surface area contributed by atoms with Crippen molar-refractivity contribution < 1.29 is 14.6 Å². The van der Waals surface area contributed by atoms with E-state index in [4.69, 9.17) is 4.74 Å². The fourth-order valence-electron chi connectivity index (χ4n) is 2.72. The number of methoxy groups -OCH3 is 1. The standard InChI is InChI=1S/C16H23NO3/c1-20-15-9-5-2-6-12(15)10-11-16(19)17-13-7-3-4-8-14(13)18/h2,5-6,9,13-14,18H,3-4,7-8,10-11H2,1H3,(H,17,19). The Morgan fingerprint density at radius 3 is 2.85 bits per heavy atom. The first kappa shape index (κ1) is 14.9. The van der Waals surface area contributed by atoms with Crippen molar-refractivity contribution in [3.05, 3.63) is 29.8 Å². The molecule has 0 radical (unpaired) electrons. The molecule has 1 saturated carbocycles. The van der Waals surface area contributed by atoms with Gasteiger partial charge in [-0.05, 0) is 30.9 Å². The number of carbonyl (C=O) groups excluding carboxylic acids is 1. The molecule has 1 aliphatic rings. The Morgan fingerprint density at radius 2 is 2.10 bits per heavy atom. The van der Waals surface area contributed by atoms with Gasteiger partial charge in [0, 0.05) is 6.42 Å². The topological polar surface area (TPSA) is 58.6 Å². The maximum absolute atomic E-state index is 12.0. The van der Waals surface area contributed by atoms with Crippen molar-refractivity contribution in [2.24, 2.45) is 0 Å². The van der Waals surface area contributed by atoms with Gasteiger partial charge in [-0.3, -0.25) is 4.79 Å². The quantitative estimate of drug-likeness (QED) is 0.866. The Morgan fingerprint density at radius 1 is 1.35 bits per heavy atom. The van der Waals surface area contributed by atoms with Gasteiger partial charge in [-0.1, -0.05) is 31.0 Å². The van der Waals surface area contributed by atoms with Gasteiger partial charge in [0.05, 0.1) is 19.3 Å². The minimum atomic E-state index is -0.390. The predicted molar refractivity (Wildman–Crippen MR) is 77.7 cm³/mol. The molecule has 1 fully saturated rings.